The molecule has 0 atom stereocenters. The largest absolute Gasteiger partial charge is 0.484 e. The zero-order chi connectivity index (χ0) is 23.7. The van der Waals surface area contributed by atoms with Gasteiger partial charge in [-0.25, -0.2) is 0 Å². The molecule has 2 heterocycles. The maximum atomic E-state index is 12.3. The van der Waals surface area contributed by atoms with Crippen LogP contribution in [-0.4, -0.2) is 35.0 Å². The molecule has 4 aromatic rings. The van der Waals surface area contributed by atoms with E-state index in [0.29, 0.717) is 34.4 Å². The molecule has 0 spiro atoms. The van der Waals surface area contributed by atoms with Gasteiger partial charge in [0.25, 0.3) is 11.8 Å². The molecule has 0 radical (unpaired) electrons. The third-order valence-electron chi connectivity index (χ3n) is 5.53. The molecule has 0 saturated heterocycles. The van der Waals surface area contributed by atoms with E-state index in [1.165, 1.54) is 6.07 Å². The Bertz CT molecular complexity index is 1380. The summed E-state index contributed by atoms with van der Waals surface area (Å²) in [7, 11) is 0. The van der Waals surface area contributed by atoms with Crippen LogP contribution in [0, 0.1) is 0 Å². The molecule has 2 amide bonds. The first-order valence-electron chi connectivity index (χ1n) is 10.5. The zero-order valence-corrected chi connectivity index (χ0v) is 18.0. The molecular weight excluding hydrogens is 438 g/mol. The summed E-state index contributed by atoms with van der Waals surface area (Å²) < 4.78 is 18.0. The highest BCUT2D eigenvalue weighted by Crippen LogP contribution is 2.35. The van der Waals surface area contributed by atoms with Crippen molar-refractivity contribution in [1.82, 2.24) is 4.57 Å². The SMILES string of the molecule is NC(=O)c1cn(Cc2ccc(OCC(=O)N(O)c3ccc4c(c3)OCO4)cc2)c2ccccc12. The lowest BCUT2D eigenvalue weighted by Crippen LogP contribution is -2.31. The number of nitrogens with two attached hydrogens (primary N) is 1. The Kier molecular flexibility index (Phi) is 5.52. The molecule has 9 heteroatoms. The van der Waals surface area contributed by atoms with Gasteiger partial charge in [-0.3, -0.25) is 14.8 Å². The van der Waals surface area contributed by atoms with Gasteiger partial charge in [-0.2, -0.15) is 5.06 Å². The number of aromatic nitrogens is 1. The van der Waals surface area contributed by atoms with Crippen molar-refractivity contribution in [2.45, 2.75) is 6.54 Å². The summed E-state index contributed by atoms with van der Waals surface area (Å²) >= 11 is 0. The zero-order valence-electron chi connectivity index (χ0n) is 18.0. The minimum absolute atomic E-state index is 0.101. The van der Waals surface area contributed by atoms with E-state index < -0.39 is 11.8 Å². The van der Waals surface area contributed by atoms with E-state index in [1.807, 2.05) is 41.0 Å². The average molecular weight is 459 g/mol. The molecule has 34 heavy (non-hydrogen) atoms. The van der Waals surface area contributed by atoms with Crippen molar-refractivity contribution in [1.29, 1.82) is 0 Å². The third kappa shape index (κ3) is 4.12. The first kappa shape index (κ1) is 21.4. The number of rotatable bonds is 7. The summed E-state index contributed by atoms with van der Waals surface area (Å²) in [5.74, 6) is 0.383. The molecule has 172 valence electrons. The van der Waals surface area contributed by atoms with E-state index >= 15 is 0 Å². The van der Waals surface area contributed by atoms with E-state index in [-0.39, 0.29) is 19.1 Å². The lowest BCUT2D eigenvalue weighted by molar-refractivity contribution is -0.125. The van der Waals surface area contributed by atoms with Gasteiger partial charge in [-0.1, -0.05) is 30.3 Å². The number of amides is 2. The molecule has 0 saturated carbocycles. The van der Waals surface area contributed by atoms with E-state index in [1.54, 1.807) is 30.5 Å². The third-order valence-corrected chi connectivity index (χ3v) is 5.53. The van der Waals surface area contributed by atoms with Crippen molar-refractivity contribution >= 4 is 28.4 Å². The van der Waals surface area contributed by atoms with Crippen molar-refractivity contribution in [2.24, 2.45) is 5.73 Å². The Balaban J connectivity index is 1.22. The lowest BCUT2D eigenvalue weighted by atomic mass is 10.2. The molecule has 3 N–H and O–H groups in total. The number of carbonyl (C=O) groups excluding carboxylic acids is 2. The Morgan fingerprint density at radius 2 is 1.79 bits per heavy atom. The number of para-hydroxylation sites is 1. The van der Waals surface area contributed by atoms with Gasteiger partial charge in [-0.15, -0.1) is 0 Å². The van der Waals surface area contributed by atoms with Crippen LogP contribution < -0.4 is 25.0 Å². The number of anilines is 1. The molecule has 1 aliphatic heterocycles. The summed E-state index contributed by atoms with van der Waals surface area (Å²) in [5.41, 5.74) is 8.13. The van der Waals surface area contributed by atoms with Gasteiger partial charge in [0.2, 0.25) is 6.79 Å². The van der Waals surface area contributed by atoms with Gasteiger partial charge in [0.1, 0.15) is 5.75 Å². The summed E-state index contributed by atoms with van der Waals surface area (Å²) in [6, 6.07) is 19.5. The fourth-order valence-electron chi connectivity index (χ4n) is 3.83. The number of hydroxylamine groups is 1. The molecule has 5 rings (SSSR count). The molecule has 0 aliphatic carbocycles. The van der Waals surface area contributed by atoms with E-state index in [2.05, 4.69) is 0 Å². The molecule has 0 unspecified atom stereocenters. The van der Waals surface area contributed by atoms with Crippen LogP contribution in [0.25, 0.3) is 10.9 Å². The van der Waals surface area contributed by atoms with Gasteiger partial charge in [0, 0.05) is 29.7 Å². The maximum Gasteiger partial charge on any atom is 0.288 e. The Labute approximate surface area is 194 Å². The molecule has 1 aromatic heterocycles. The summed E-state index contributed by atoms with van der Waals surface area (Å²) in [6.45, 7) is 0.278. The van der Waals surface area contributed by atoms with Gasteiger partial charge in [0.15, 0.2) is 18.1 Å². The number of ether oxygens (including phenoxy) is 3. The second-order valence-corrected chi connectivity index (χ2v) is 7.73. The van der Waals surface area contributed by atoms with Crippen LogP contribution in [0.15, 0.2) is 72.9 Å². The van der Waals surface area contributed by atoms with Crippen molar-refractivity contribution in [3.8, 4) is 17.2 Å². The number of fused-ring (bicyclic) bond motifs is 2. The van der Waals surface area contributed by atoms with Gasteiger partial charge >= 0.3 is 0 Å². The molecule has 1 aliphatic rings. The second kappa shape index (κ2) is 8.80. The van der Waals surface area contributed by atoms with Crippen LogP contribution >= 0.6 is 0 Å². The monoisotopic (exact) mass is 459 g/mol. The number of benzene rings is 3. The Morgan fingerprint density at radius 1 is 1.03 bits per heavy atom. The quantitative estimate of drug-likeness (QED) is 0.324. The predicted octanol–water partition coefficient (Wildman–Crippen LogP) is 3.32. The molecule has 0 bridgehead atoms. The highest BCUT2D eigenvalue weighted by molar-refractivity contribution is 6.06. The molecular formula is C25H21N3O6. The topological polar surface area (TPSA) is 116 Å². The van der Waals surface area contributed by atoms with E-state index in [9.17, 15) is 14.8 Å². The second-order valence-electron chi connectivity index (χ2n) is 7.73. The highest BCUT2D eigenvalue weighted by Gasteiger charge is 2.19. The van der Waals surface area contributed by atoms with Crippen LogP contribution in [0.5, 0.6) is 17.2 Å². The van der Waals surface area contributed by atoms with E-state index in [0.717, 1.165) is 16.5 Å². The fourth-order valence-corrected chi connectivity index (χ4v) is 3.83. The van der Waals surface area contributed by atoms with Gasteiger partial charge < -0.3 is 24.5 Å². The minimum Gasteiger partial charge on any atom is -0.484 e. The van der Waals surface area contributed by atoms with Gasteiger partial charge in [-0.05, 0) is 35.9 Å². The number of carbonyl (C=O) groups is 2. The fraction of sp³-hybridized carbons (Fsp3) is 0.120. The van der Waals surface area contributed by atoms with Crippen LogP contribution in [0.3, 0.4) is 0 Å². The van der Waals surface area contributed by atoms with Crippen LogP contribution in [-0.2, 0) is 11.3 Å². The smallest absolute Gasteiger partial charge is 0.288 e. The van der Waals surface area contributed by atoms with Crippen molar-refractivity contribution < 1.29 is 29.0 Å². The lowest BCUT2D eigenvalue weighted by Gasteiger charge is -2.16. The minimum atomic E-state index is -0.638. The van der Waals surface area contributed by atoms with Crippen LogP contribution in [0.2, 0.25) is 0 Å². The summed E-state index contributed by atoms with van der Waals surface area (Å²) in [5, 5.41) is 11.5. The van der Waals surface area contributed by atoms with E-state index in [4.69, 9.17) is 19.9 Å². The van der Waals surface area contributed by atoms with Crippen LogP contribution in [0.1, 0.15) is 15.9 Å². The summed E-state index contributed by atoms with van der Waals surface area (Å²) in [6.07, 6.45) is 1.75. The number of hydrogen-bond acceptors (Lipinski definition) is 6. The normalized spacial score (nSPS) is 12.0. The predicted molar refractivity (Wildman–Crippen MR) is 123 cm³/mol. The summed E-state index contributed by atoms with van der Waals surface area (Å²) in [4.78, 5) is 24.1. The standard InChI is InChI=1S/C25H21N3O6/c26-25(30)20-13-27(21-4-2-1-3-19(20)21)12-16-5-8-18(9-6-16)32-14-24(29)28(31)17-7-10-22-23(11-17)34-15-33-22/h1-11,13,31H,12,14-15H2,(H2,26,30). The first-order valence-corrected chi connectivity index (χ1v) is 10.5. The van der Waals surface area contributed by atoms with Crippen molar-refractivity contribution in [3.05, 3.63) is 84.1 Å². The highest BCUT2D eigenvalue weighted by atomic mass is 16.7. The van der Waals surface area contributed by atoms with Gasteiger partial charge in [0.05, 0.1) is 11.3 Å². The number of primary amides is 1. The van der Waals surface area contributed by atoms with Crippen molar-refractivity contribution in [3.63, 3.8) is 0 Å². The van der Waals surface area contributed by atoms with Crippen LogP contribution in [0.4, 0.5) is 5.69 Å². The Hall–Kier alpha value is -4.50. The average Bonchev–Trinajstić information content (AvgIpc) is 3.47. The van der Waals surface area contributed by atoms with Crippen molar-refractivity contribution in [2.75, 3.05) is 18.5 Å². The Morgan fingerprint density at radius 3 is 2.59 bits per heavy atom. The molecule has 9 nitrogen and oxygen atoms in total. The maximum absolute atomic E-state index is 12.3. The molecule has 0 fully saturated rings. The number of hydrogen-bond donors (Lipinski definition) is 2. The molecule has 3 aromatic carbocycles. The first-order chi connectivity index (χ1) is 16.5. The number of nitrogens with zero attached hydrogens (tertiary/aromatic N) is 2.